The number of carbonyl (C=O) groups excluding carboxylic acids is 2. The van der Waals surface area contributed by atoms with Crippen molar-refractivity contribution in [1.82, 2.24) is 5.32 Å². The van der Waals surface area contributed by atoms with Crippen molar-refractivity contribution in [2.45, 2.75) is 392 Å². The van der Waals surface area contributed by atoms with Gasteiger partial charge in [-0.2, -0.15) is 0 Å². The molecule has 0 bridgehead atoms. The Morgan fingerprint density at radius 2 is 0.644 bits per heavy atom. The number of nitrogens with one attached hydrogen (secondary N) is 1. The van der Waals surface area contributed by atoms with E-state index >= 15 is 0 Å². The maximum absolute atomic E-state index is 12.5. The van der Waals surface area contributed by atoms with Crippen molar-refractivity contribution in [1.29, 1.82) is 0 Å². The Morgan fingerprint density at radius 1 is 0.370 bits per heavy atom. The molecule has 0 heterocycles. The van der Waals surface area contributed by atoms with Gasteiger partial charge in [0.2, 0.25) is 5.91 Å². The summed E-state index contributed by atoms with van der Waals surface area (Å²) >= 11 is 0. The molecule has 6 heteroatoms. The maximum atomic E-state index is 12.5. The molecule has 1 amide bonds. The zero-order valence-corrected chi connectivity index (χ0v) is 49.6. The summed E-state index contributed by atoms with van der Waals surface area (Å²) in [4.78, 5) is 24.6. The number of aliphatic hydroxyl groups is 2. The Labute approximate surface area is 457 Å². The topological polar surface area (TPSA) is 95.9 Å². The minimum absolute atomic E-state index is 0.0176. The lowest BCUT2D eigenvalue weighted by molar-refractivity contribution is -0.143. The van der Waals surface area contributed by atoms with Gasteiger partial charge in [-0.25, -0.2) is 0 Å². The molecule has 0 spiro atoms. The van der Waals surface area contributed by atoms with E-state index < -0.39 is 12.1 Å². The van der Waals surface area contributed by atoms with Gasteiger partial charge in [0.25, 0.3) is 0 Å². The number of carbonyl (C=O) groups is 2. The van der Waals surface area contributed by atoms with Gasteiger partial charge in [0, 0.05) is 12.8 Å². The molecule has 0 aliphatic rings. The standard InChI is InChI=1S/C67H131NO5/c1-3-5-7-9-11-13-15-16-17-18-27-31-34-37-41-45-49-53-57-61-67(72)73-62-58-54-50-46-42-38-35-32-29-26-24-22-20-19-21-23-25-28-30-33-36-40-44-48-52-56-60-66(71)68-64(63-69)65(70)59-55-51-47-43-39-14-12-10-8-6-4-2/h16-17,64-65,69-70H,3-15,18-63H2,1-2H3,(H,68,71)/b17-16-. The fourth-order valence-corrected chi connectivity index (χ4v) is 10.7. The van der Waals surface area contributed by atoms with Crippen molar-refractivity contribution in [3.8, 4) is 0 Å². The van der Waals surface area contributed by atoms with Gasteiger partial charge in [-0.3, -0.25) is 9.59 Å². The van der Waals surface area contributed by atoms with Gasteiger partial charge >= 0.3 is 5.97 Å². The first-order valence-corrected chi connectivity index (χ1v) is 33.4. The van der Waals surface area contributed by atoms with Gasteiger partial charge in [0.05, 0.1) is 25.4 Å². The number of hydrogen-bond donors (Lipinski definition) is 3. The Morgan fingerprint density at radius 3 is 0.973 bits per heavy atom. The largest absolute Gasteiger partial charge is 0.466 e. The highest BCUT2D eigenvalue weighted by atomic mass is 16.5. The Kier molecular flexibility index (Phi) is 61.9. The summed E-state index contributed by atoms with van der Waals surface area (Å²) in [5.74, 6) is -0.0141. The molecular formula is C67H131NO5. The zero-order chi connectivity index (χ0) is 52.9. The molecule has 0 saturated heterocycles. The lowest BCUT2D eigenvalue weighted by Gasteiger charge is -2.22. The molecule has 0 aromatic carbocycles. The fraction of sp³-hybridized carbons (Fsp3) is 0.940. The van der Waals surface area contributed by atoms with Crippen LogP contribution in [0.25, 0.3) is 0 Å². The first-order valence-electron chi connectivity index (χ1n) is 33.4. The molecule has 3 N–H and O–H groups in total. The summed E-state index contributed by atoms with van der Waals surface area (Å²) in [5, 5.41) is 23.2. The number of allylic oxidation sites excluding steroid dienone is 2. The van der Waals surface area contributed by atoms with Crippen LogP contribution in [0.15, 0.2) is 12.2 Å². The normalized spacial score (nSPS) is 12.5. The number of rotatable bonds is 63. The van der Waals surface area contributed by atoms with E-state index in [1.807, 2.05) is 0 Å². The van der Waals surface area contributed by atoms with Gasteiger partial charge in [0.15, 0.2) is 0 Å². The molecule has 0 aliphatic carbocycles. The number of esters is 1. The molecule has 0 aromatic rings. The van der Waals surface area contributed by atoms with Crippen molar-refractivity contribution >= 4 is 11.9 Å². The highest BCUT2D eigenvalue weighted by Gasteiger charge is 2.20. The Bertz CT molecular complexity index is 1100. The molecule has 2 unspecified atom stereocenters. The van der Waals surface area contributed by atoms with E-state index in [4.69, 9.17) is 4.74 Å². The van der Waals surface area contributed by atoms with Gasteiger partial charge in [0.1, 0.15) is 0 Å². The second-order valence-corrected chi connectivity index (χ2v) is 23.2. The van der Waals surface area contributed by atoms with Crippen LogP contribution in [0.1, 0.15) is 380 Å². The van der Waals surface area contributed by atoms with E-state index in [0.29, 0.717) is 25.9 Å². The SMILES string of the molecule is CCCCCCCC/C=C\CCCCCCCCCCCC(=O)OCCCCCCCCCCCCCCCCCCCCCCCCCCCCC(=O)NC(CO)C(O)CCCCCCCCCCCCC. The highest BCUT2D eigenvalue weighted by molar-refractivity contribution is 5.76. The highest BCUT2D eigenvalue weighted by Crippen LogP contribution is 2.19. The average Bonchev–Trinajstić information content (AvgIpc) is 3.39. The number of ether oxygens (including phenoxy) is 1. The molecule has 434 valence electrons. The van der Waals surface area contributed by atoms with Gasteiger partial charge < -0.3 is 20.3 Å². The Balaban J connectivity index is 3.31. The van der Waals surface area contributed by atoms with Crippen molar-refractivity contribution in [2.24, 2.45) is 0 Å². The van der Waals surface area contributed by atoms with E-state index in [9.17, 15) is 19.8 Å². The maximum Gasteiger partial charge on any atom is 0.305 e. The summed E-state index contributed by atoms with van der Waals surface area (Å²) in [6.07, 6.45) is 76.8. The molecule has 0 rings (SSSR count). The van der Waals surface area contributed by atoms with E-state index in [1.165, 1.54) is 308 Å². The molecule has 0 fully saturated rings. The molecule has 73 heavy (non-hydrogen) atoms. The lowest BCUT2D eigenvalue weighted by atomic mass is 10.0. The van der Waals surface area contributed by atoms with Crippen molar-refractivity contribution in [2.75, 3.05) is 13.2 Å². The third kappa shape index (κ3) is 59.7. The second-order valence-electron chi connectivity index (χ2n) is 23.2. The van der Waals surface area contributed by atoms with Crippen LogP contribution in [-0.2, 0) is 14.3 Å². The van der Waals surface area contributed by atoms with E-state index in [0.717, 1.165) is 38.5 Å². The van der Waals surface area contributed by atoms with Crippen LogP contribution in [0.4, 0.5) is 0 Å². The Hall–Kier alpha value is -1.40. The predicted molar refractivity (Wildman–Crippen MR) is 320 cm³/mol. The summed E-state index contributed by atoms with van der Waals surface area (Å²) in [7, 11) is 0. The lowest BCUT2D eigenvalue weighted by Crippen LogP contribution is -2.45. The molecule has 0 aliphatic heterocycles. The van der Waals surface area contributed by atoms with Crippen LogP contribution in [0.5, 0.6) is 0 Å². The van der Waals surface area contributed by atoms with Crippen LogP contribution >= 0.6 is 0 Å². The van der Waals surface area contributed by atoms with Crippen LogP contribution < -0.4 is 5.32 Å². The average molecular weight is 1030 g/mol. The fourth-order valence-electron chi connectivity index (χ4n) is 10.7. The summed E-state index contributed by atoms with van der Waals surface area (Å²) in [5.41, 5.74) is 0. The molecule has 6 nitrogen and oxygen atoms in total. The van der Waals surface area contributed by atoms with E-state index in [-0.39, 0.29) is 18.5 Å². The van der Waals surface area contributed by atoms with Crippen molar-refractivity contribution in [3.63, 3.8) is 0 Å². The number of hydrogen-bond acceptors (Lipinski definition) is 5. The number of unbranched alkanes of at least 4 members (excludes halogenated alkanes) is 50. The smallest absolute Gasteiger partial charge is 0.305 e. The monoisotopic (exact) mass is 1030 g/mol. The number of aliphatic hydroxyl groups excluding tert-OH is 2. The van der Waals surface area contributed by atoms with E-state index in [1.54, 1.807) is 0 Å². The molecule has 0 radical (unpaired) electrons. The third-order valence-electron chi connectivity index (χ3n) is 15.8. The van der Waals surface area contributed by atoms with Gasteiger partial charge in [-0.1, -0.05) is 328 Å². The second kappa shape index (κ2) is 63.1. The first kappa shape index (κ1) is 71.6. The quantitative estimate of drug-likeness (QED) is 0.0320. The number of amides is 1. The molecular weight excluding hydrogens is 899 g/mol. The molecule has 0 aromatic heterocycles. The minimum atomic E-state index is -0.660. The van der Waals surface area contributed by atoms with Crippen molar-refractivity contribution in [3.05, 3.63) is 12.2 Å². The van der Waals surface area contributed by atoms with Crippen molar-refractivity contribution < 1.29 is 24.5 Å². The zero-order valence-electron chi connectivity index (χ0n) is 49.6. The summed E-state index contributed by atoms with van der Waals surface area (Å²) in [6.45, 7) is 4.97. The predicted octanol–water partition coefficient (Wildman–Crippen LogP) is 21.2. The first-order chi connectivity index (χ1) is 36.0. The third-order valence-corrected chi connectivity index (χ3v) is 15.8. The van der Waals surface area contributed by atoms with Crippen LogP contribution in [0.3, 0.4) is 0 Å². The van der Waals surface area contributed by atoms with Crippen LogP contribution in [0.2, 0.25) is 0 Å². The molecule has 2 atom stereocenters. The summed E-state index contributed by atoms with van der Waals surface area (Å²) < 4.78 is 5.51. The summed E-state index contributed by atoms with van der Waals surface area (Å²) in [6, 6.07) is -0.537. The minimum Gasteiger partial charge on any atom is -0.466 e. The van der Waals surface area contributed by atoms with Gasteiger partial charge in [-0.15, -0.1) is 0 Å². The van der Waals surface area contributed by atoms with E-state index in [2.05, 4.69) is 31.3 Å². The van der Waals surface area contributed by atoms with Crippen LogP contribution in [-0.4, -0.2) is 47.4 Å². The molecule has 0 saturated carbocycles. The van der Waals surface area contributed by atoms with Gasteiger partial charge in [-0.05, 0) is 51.4 Å². The van der Waals surface area contributed by atoms with Crippen LogP contribution in [0, 0.1) is 0 Å².